The van der Waals surface area contributed by atoms with Gasteiger partial charge in [-0.2, -0.15) is 10.4 Å². The van der Waals surface area contributed by atoms with Crippen LogP contribution in [-0.4, -0.2) is 35.8 Å². The smallest absolute Gasteiger partial charge is 0.327 e. The molecule has 0 bridgehead atoms. The number of ether oxygens (including phenoxy) is 1. The number of nitrogens with two attached hydrogens (primary N) is 1. The highest BCUT2D eigenvalue weighted by Crippen LogP contribution is 2.29. The van der Waals surface area contributed by atoms with Crippen LogP contribution in [0.4, 0.5) is 15.9 Å². The highest BCUT2D eigenvalue weighted by atomic mass is 19.1. The zero-order chi connectivity index (χ0) is 19.8. The Kier molecular flexibility index (Phi) is 4.79. The highest BCUT2D eigenvalue weighted by molar-refractivity contribution is 6.67. The largest absolute Gasteiger partial charge is 0.427 e. The molecular weight excluding hydrogens is 364 g/mol. The van der Waals surface area contributed by atoms with Crippen molar-refractivity contribution < 1.29 is 18.6 Å². The van der Waals surface area contributed by atoms with Crippen LogP contribution in [0, 0.1) is 23.1 Å². The second-order valence-electron chi connectivity index (χ2n) is 7.01. The number of carbonyl (C=O) groups excluding carboxylic acids is 1. The summed E-state index contributed by atoms with van der Waals surface area (Å²) in [5.41, 5.74) is 7.39. The van der Waals surface area contributed by atoms with E-state index in [2.05, 4.69) is 16.5 Å². The van der Waals surface area contributed by atoms with Crippen LogP contribution in [0.25, 0.3) is 0 Å². The first-order valence-electron chi connectivity index (χ1n) is 9.05. The van der Waals surface area contributed by atoms with E-state index < -0.39 is 5.91 Å². The summed E-state index contributed by atoms with van der Waals surface area (Å²) < 4.78 is 26.9. The molecule has 4 rings (SSSR count). The summed E-state index contributed by atoms with van der Waals surface area (Å²) in [6.07, 6.45) is 2.09. The van der Waals surface area contributed by atoms with E-state index in [0.29, 0.717) is 37.4 Å². The number of rotatable bonds is 4. The molecule has 1 amide bonds. The van der Waals surface area contributed by atoms with Crippen molar-refractivity contribution in [2.75, 3.05) is 18.5 Å². The molecule has 1 aromatic carbocycles. The summed E-state index contributed by atoms with van der Waals surface area (Å²) in [4.78, 5) is 11.9. The van der Waals surface area contributed by atoms with Crippen LogP contribution in [0.2, 0.25) is 6.82 Å². The molecule has 0 aliphatic carbocycles. The van der Waals surface area contributed by atoms with E-state index in [4.69, 9.17) is 15.1 Å². The Hall–Kier alpha value is -2.90. The first-order chi connectivity index (χ1) is 13.5. The quantitative estimate of drug-likeness (QED) is 0.770. The molecule has 0 saturated carbocycles. The fraction of sp³-hybridized carbons (Fsp3) is 0.389. The molecule has 0 radical (unpaired) electrons. The number of hydrogen-bond acceptors (Lipinski definition) is 6. The van der Waals surface area contributed by atoms with Crippen molar-refractivity contribution in [3.8, 4) is 6.07 Å². The molecule has 0 unspecified atom stereocenters. The van der Waals surface area contributed by atoms with Gasteiger partial charge in [-0.1, -0.05) is 6.82 Å². The molecule has 1 fully saturated rings. The van der Waals surface area contributed by atoms with Crippen molar-refractivity contribution in [1.82, 2.24) is 9.78 Å². The minimum atomic E-state index is -0.669. The number of nitriles is 1. The molecule has 28 heavy (non-hydrogen) atoms. The third-order valence-electron chi connectivity index (χ3n) is 5.20. The van der Waals surface area contributed by atoms with E-state index in [-0.39, 0.29) is 36.1 Å². The SMILES string of the molecule is CB1OCc2cc(Nc3nn([C@H]4COCC[C@@H]4C#N)cc3C(N)=O)cc(F)c21. The van der Waals surface area contributed by atoms with Gasteiger partial charge in [-0.15, -0.1) is 0 Å². The molecule has 1 aromatic heterocycles. The predicted octanol–water partition coefficient (Wildman–Crippen LogP) is 1.32. The van der Waals surface area contributed by atoms with Gasteiger partial charge in [-0.3, -0.25) is 9.48 Å². The standard InChI is InChI=1S/C18H19BFN5O3/c1-19-16-11(8-28-19)4-12(5-14(16)20)23-18-13(17(22)26)7-25(24-18)15-9-27-3-2-10(15)6-21/h4-5,7,10,15H,2-3,8-9H2,1H3,(H2,22,26)(H,23,24)/t10-,15+/m1/s1. The van der Waals surface area contributed by atoms with Gasteiger partial charge in [-0.05, 0) is 29.6 Å². The summed E-state index contributed by atoms with van der Waals surface area (Å²) in [5, 5.41) is 16.8. The third-order valence-corrected chi connectivity index (χ3v) is 5.20. The number of primary amides is 1. The van der Waals surface area contributed by atoms with Crippen LogP contribution in [-0.2, 0) is 16.0 Å². The average Bonchev–Trinajstić information content (AvgIpc) is 3.26. The van der Waals surface area contributed by atoms with Crippen LogP contribution >= 0.6 is 0 Å². The topological polar surface area (TPSA) is 115 Å². The van der Waals surface area contributed by atoms with Gasteiger partial charge in [0.05, 0.1) is 31.2 Å². The number of nitrogens with zero attached hydrogens (tertiary/aromatic N) is 3. The van der Waals surface area contributed by atoms with Crippen LogP contribution in [0.5, 0.6) is 0 Å². The minimum Gasteiger partial charge on any atom is -0.427 e. The Morgan fingerprint density at radius 2 is 2.36 bits per heavy atom. The normalized spacial score (nSPS) is 21.2. The van der Waals surface area contributed by atoms with Crippen molar-refractivity contribution in [3.05, 3.63) is 35.3 Å². The maximum Gasteiger partial charge on any atom is 0.327 e. The number of anilines is 2. The Labute approximate surface area is 161 Å². The van der Waals surface area contributed by atoms with Gasteiger partial charge in [0.15, 0.2) is 5.82 Å². The molecule has 10 heteroatoms. The minimum absolute atomic E-state index is 0.160. The van der Waals surface area contributed by atoms with Gasteiger partial charge in [0.25, 0.3) is 5.91 Å². The summed E-state index contributed by atoms with van der Waals surface area (Å²) >= 11 is 0. The van der Waals surface area contributed by atoms with Crippen LogP contribution < -0.4 is 16.5 Å². The van der Waals surface area contributed by atoms with Gasteiger partial charge in [-0.25, -0.2) is 4.39 Å². The summed E-state index contributed by atoms with van der Waals surface area (Å²) in [6, 6.07) is 5.05. The molecule has 2 aliphatic rings. The number of benzene rings is 1. The number of aromatic nitrogens is 2. The van der Waals surface area contributed by atoms with Gasteiger partial charge >= 0.3 is 6.92 Å². The Bertz CT molecular complexity index is 973. The molecule has 144 valence electrons. The molecule has 3 N–H and O–H groups in total. The maximum atomic E-state index is 14.5. The van der Waals surface area contributed by atoms with Crippen molar-refractivity contribution in [3.63, 3.8) is 0 Å². The Balaban J connectivity index is 1.67. The number of fused-ring (bicyclic) bond motifs is 1. The first-order valence-corrected chi connectivity index (χ1v) is 9.05. The van der Waals surface area contributed by atoms with E-state index in [1.165, 1.54) is 16.9 Å². The first kappa shape index (κ1) is 18.5. The molecule has 2 atom stereocenters. The van der Waals surface area contributed by atoms with Crippen molar-refractivity contribution in [2.45, 2.75) is 25.9 Å². The number of hydrogen-bond donors (Lipinski definition) is 2. The monoisotopic (exact) mass is 383 g/mol. The summed E-state index contributed by atoms with van der Waals surface area (Å²) in [5.74, 6) is -1.12. The molecule has 2 aliphatic heterocycles. The maximum absolute atomic E-state index is 14.5. The lowest BCUT2D eigenvalue weighted by molar-refractivity contribution is 0.0342. The number of halogens is 1. The number of nitrogens with one attached hydrogen (secondary N) is 1. The molecule has 3 heterocycles. The van der Waals surface area contributed by atoms with E-state index in [0.717, 1.165) is 5.56 Å². The number of carbonyl (C=O) groups is 1. The second-order valence-corrected chi connectivity index (χ2v) is 7.01. The molecule has 1 saturated heterocycles. The summed E-state index contributed by atoms with van der Waals surface area (Å²) in [7, 11) is 0. The fourth-order valence-electron chi connectivity index (χ4n) is 3.72. The van der Waals surface area contributed by atoms with Gasteiger partial charge in [0.1, 0.15) is 11.4 Å². The third kappa shape index (κ3) is 3.23. The van der Waals surface area contributed by atoms with Crippen LogP contribution in [0.1, 0.15) is 28.4 Å². The van der Waals surface area contributed by atoms with Gasteiger partial charge < -0.3 is 20.4 Å². The summed E-state index contributed by atoms with van der Waals surface area (Å²) in [6.45, 7) is 2.66. The molecule has 8 nitrogen and oxygen atoms in total. The van der Waals surface area contributed by atoms with Crippen molar-refractivity contribution in [2.24, 2.45) is 11.7 Å². The zero-order valence-corrected chi connectivity index (χ0v) is 15.3. The Morgan fingerprint density at radius 3 is 3.11 bits per heavy atom. The van der Waals surface area contributed by atoms with Gasteiger partial charge in [0.2, 0.25) is 0 Å². The predicted molar refractivity (Wildman–Crippen MR) is 100 cm³/mol. The van der Waals surface area contributed by atoms with E-state index >= 15 is 0 Å². The second kappa shape index (κ2) is 7.26. The molecule has 0 spiro atoms. The van der Waals surface area contributed by atoms with Gasteiger partial charge in [0, 0.05) is 18.5 Å². The van der Waals surface area contributed by atoms with Crippen LogP contribution in [0.3, 0.4) is 0 Å². The zero-order valence-electron chi connectivity index (χ0n) is 15.3. The van der Waals surface area contributed by atoms with E-state index in [1.807, 2.05) is 0 Å². The Morgan fingerprint density at radius 1 is 1.54 bits per heavy atom. The van der Waals surface area contributed by atoms with E-state index in [1.54, 1.807) is 12.9 Å². The lowest BCUT2D eigenvalue weighted by atomic mass is 9.64. The number of amides is 1. The van der Waals surface area contributed by atoms with Crippen LogP contribution in [0.15, 0.2) is 18.3 Å². The van der Waals surface area contributed by atoms with E-state index in [9.17, 15) is 14.4 Å². The average molecular weight is 383 g/mol. The van der Waals surface area contributed by atoms with Crippen molar-refractivity contribution in [1.29, 1.82) is 5.26 Å². The lowest BCUT2D eigenvalue weighted by Gasteiger charge is -2.26. The molecular formula is C18H19BFN5O3. The lowest BCUT2D eigenvalue weighted by Crippen LogP contribution is -2.29. The molecule has 2 aromatic rings. The van der Waals surface area contributed by atoms with Crippen molar-refractivity contribution >= 4 is 29.8 Å². The highest BCUT2D eigenvalue weighted by Gasteiger charge is 2.30. The fourth-order valence-corrected chi connectivity index (χ4v) is 3.72.